The van der Waals surface area contributed by atoms with E-state index in [1.165, 1.54) is 11.3 Å². The number of carbonyl (C=O) groups excluding carboxylic acids is 2. The molecule has 1 unspecified atom stereocenters. The highest BCUT2D eigenvalue weighted by molar-refractivity contribution is 7.18. The standard InChI is InChI=1S/C22H17ClN2O3S/c23-21-10-9-20(29-21)22(27)24-12-17-11-19(25-28-17)15-7-5-14(6-8-15)18-4-2-1-3-16(18)13-26/h1-11,13,17,25H,12H2,(H,24,27). The summed E-state index contributed by atoms with van der Waals surface area (Å²) < 4.78 is 0.579. The number of amides is 1. The Morgan fingerprint density at radius 2 is 1.86 bits per heavy atom. The minimum atomic E-state index is -0.278. The second-order valence-corrected chi connectivity index (χ2v) is 8.15. The first-order chi connectivity index (χ1) is 14.1. The summed E-state index contributed by atoms with van der Waals surface area (Å²) in [6, 6.07) is 18.7. The van der Waals surface area contributed by atoms with Crippen LogP contribution in [0.5, 0.6) is 0 Å². The van der Waals surface area contributed by atoms with Gasteiger partial charge in [-0.25, -0.2) is 0 Å². The number of carbonyl (C=O) groups is 2. The zero-order valence-corrected chi connectivity index (χ0v) is 16.8. The van der Waals surface area contributed by atoms with Gasteiger partial charge in [-0.3, -0.25) is 19.9 Å². The van der Waals surface area contributed by atoms with Crippen LogP contribution in [-0.2, 0) is 4.84 Å². The number of nitrogens with one attached hydrogen (secondary N) is 2. The highest BCUT2D eigenvalue weighted by Crippen LogP contribution is 2.26. The minimum Gasteiger partial charge on any atom is -0.348 e. The lowest BCUT2D eigenvalue weighted by atomic mass is 9.99. The highest BCUT2D eigenvalue weighted by atomic mass is 35.5. The summed E-state index contributed by atoms with van der Waals surface area (Å²) >= 11 is 7.10. The van der Waals surface area contributed by atoms with Gasteiger partial charge in [-0.15, -0.1) is 11.3 Å². The first-order valence-corrected chi connectivity index (χ1v) is 10.2. The Hall–Kier alpha value is -2.93. The Morgan fingerprint density at radius 3 is 2.59 bits per heavy atom. The topological polar surface area (TPSA) is 67.4 Å². The van der Waals surface area contributed by atoms with Crippen molar-refractivity contribution in [3.05, 3.63) is 87.1 Å². The van der Waals surface area contributed by atoms with Gasteiger partial charge in [0, 0.05) is 5.56 Å². The van der Waals surface area contributed by atoms with E-state index >= 15 is 0 Å². The molecule has 1 amide bonds. The first-order valence-electron chi connectivity index (χ1n) is 8.96. The van der Waals surface area contributed by atoms with E-state index in [4.69, 9.17) is 16.4 Å². The van der Waals surface area contributed by atoms with Crippen LogP contribution in [0, 0.1) is 0 Å². The Bertz CT molecular complexity index is 1080. The maximum Gasteiger partial charge on any atom is 0.261 e. The van der Waals surface area contributed by atoms with Crippen LogP contribution in [0.4, 0.5) is 0 Å². The molecule has 2 N–H and O–H groups in total. The van der Waals surface area contributed by atoms with E-state index in [1.807, 2.05) is 48.5 Å². The lowest BCUT2D eigenvalue weighted by molar-refractivity contribution is 0.0499. The van der Waals surface area contributed by atoms with E-state index in [9.17, 15) is 9.59 Å². The van der Waals surface area contributed by atoms with Crippen LogP contribution < -0.4 is 10.8 Å². The van der Waals surface area contributed by atoms with Crippen LogP contribution in [0.25, 0.3) is 16.8 Å². The second-order valence-electron chi connectivity index (χ2n) is 6.43. The molecule has 1 atom stereocenters. The van der Waals surface area contributed by atoms with Gasteiger partial charge in [0.15, 0.2) is 6.29 Å². The second kappa shape index (κ2) is 8.61. The molecule has 1 aliphatic rings. The third-order valence-corrected chi connectivity index (χ3v) is 5.76. The minimum absolute atomic E-state index is 0.175. The van der Waals surface area contributed by atoms with Crippen LogP contribution in [-0.4, -0.2) is 24.8 Å². The number of thiophene rings is 1. The molecule has 0 saturated heterocycles. The molecule has 0 radical (unpaired) electrons. The molecule has 0 fully saturated rings. The fourth-order valence-electron chi connectivity index (χ4n) is 3.06. The first kappa shape index (κ1) is 19.4. The summed E-state index contributed by atoms with van der Waals surface area (Å²) in [5, 5.41) is 2.84. The van der Waals surface area contributed by atoms with E-state index in [0.29, 0.717) is 21.3 Å². The largest absolute Gasteiger partial charge is 0.348 e. The molecule has 3 aromatic rings. The predicted molar refractivity (Wildman–Crippen MR) is 115 cm³/mol. The number of hydrogen-bond acceptors (Lipinski definition) is 5. The average molecular weight is 425 g/mol. The third-order valence-electron chi connectivity index (χ3n) is 4.53. The number of halogens is 1. The van der Waals surface area contributed by atoms with Crippen molar-refractivity contribution in [1.82, 2.24) is 10.8 Å². The molecule has 146 valence electrons. The van der Waals surface area contributed by atoms with Crippen molar-refractivity contribution >= 4 is 40.8 Å². The molecule has 7 heteroatoms. The fraction of sp³-hybridized carbons (Fsp3) is 0.0909. The third kappa shape index (κ3) is 4.40. The molecule has 4 rings (SSSR count). The van der Waals surface area contributed by atoms with Gasteiger partial charge in [0.05, 0.1) is 21.5 Å². The van der Waals surface area contributed by atoms with Crippen molar-refractivity contribution in [3.8, 4) is 11.1 Å². The van der Waals surface area contributed by atoms with E-state index in [0.717, 1.165) is 28.7 Å². The summed E-state index contributed by atoms with van der Waals surface area (Å²) in [5.74, 6) is -0.175. The monoisotopic (exact) mass is 424 g/mol. The van der Waals surface area contributed by atoms with Crippen molar-refractivity contribution in [1.29, 1.82) is 0 Å². The molecule has 0 bridgehead atoms. The van der Waals surface area contributed by atoms with Crippen LogP contribution in [0.15, 0.2) is 66.7 Å². The fourth-order valence-corrected chi connectivity index (χ4v) is 4.02. The molecular formula is C22H17ClN2O3S. The average Bonchev–Trinajstić information content (AvgIpc) is 3.41. The van der Waals surface area contributed by atoms with Crippen LogP contribution >= 0.6 is 22.9 Å². The van der Waals surface area contributed by atoms with Crippen LogP contribution in [0.1, 0.15) is 25.6 Å². The van der Waals surface area contributed by atoms with Gasteiger partial charge < -0.3 is 5.32 Å². The molecule has 0 aliphatic carbocycles. The molecular weight excluding hydrogens is 408 g/mol. The quantitative estimate of drug-likeness (QED) is 0.569. The van der Waals surface area contributed by atoms with Gasteiger partial charge in [0.2, 0.25) is 0 Å². The summed E-state index contributed by atoms with van der Waals surface area (Å²) in [7, 11) is 0. The molecule has 1 aromatic heterocycles. The van der Waals surface area contributed by atoms with E-state index < -0.39 is 0 Å². The summed E-state index contributed by atoms with van der Waals surface area (Å²) in [6.45, 7) is 0.343. The summed E-state index contributed by atoms with van der Waals surface area (Å²) in [6.07, 6.45) is 2.51. The zero-order chi connectivity index (χ0) is 20.2. The number of hydrogen-bond donors (Lipinski definition) is 2. The molecule has 5 nitrogen and oxygen atoms in total. The van der Waals surface area contributed by atoms with E-state index in [-0.39, 0.29) is 12.0 Å². The maximum absolute atomic E-state index is 12.1. The number of aldehydes is 1. The lowest BCUT2D eigenvalue weighted by Crippen LogP contribution is -2.31. The van der Waals surface area contributed by atoms with Crippen molar-refractivity contribution in [2.45, 2.75) is 6.10 Å². The zero-order valence-electron chi connectivity index (χ0n) is 15.2. The van der Waals surface area contributed by atoms with Crippen LogP contribution in [0.3, 0.4) is 0 Å². The van der Waals surface area contributed by atoms with Crippen molar-refractivity contribution in [2.24, 2.45) is 0 Å². The number of rotatable bonds is 6. The Morgan fingerprint density at radius 1 is 1.10 bits per heavy atom. The van der Waals surface area contributed by atoms with Crippen molar-refractivity contribution < 1.29 is 14.4 Å². The predicted octanol–water partition coefficient (Wildman–Crippen LogP) is 4.56. The lowest BCUT2D eigenvalue weighted by Gasteiger charge is -2.08. The summed E-state index contributed by atoms with van der Waals surface area (Å²) in [5.41, 5.74) is 7.21. The van der Waals surface area contributed by atoms with Crippen molar-refractivity contribution in [2.75, 3.05) is 6.54 Å². The Labute approximate surface area is 176 Å². The molecule has 2 heterocycles. The van der Waals surface area contributed by atoms with Crippen molar-refractivity contribution in [3.63, 3.8) is 0 Å². The summed E-state index contributed by atoms with van der Waals surface area (Å²) in [4.78, 5) is 29.5. The van der Waals surface area contributed by atoms with Gasteiger partial charge in [0.25, 0.3) is 5.91 Å². The molecule has 0 saturated carbocycles. The maximum atomic E-state index is 12.1. The molecule has 0 spiro atoms. The number of benzene rings is 2. The van der Waals surface area contributed by atoms with Gasteiger partial charge >= 0.3 is 0 Å². The van der Waals surface area contributed by atoms with Gasteiger partial charge in [0.1, 0.15) is 6.10 Å². The Balaban J connectivity index is 1.41. The molecule has 29 heavy (non-hydrogen) atoms. The molecule has 1 aliphatic heterocycles. The Kier molecular flexibility index (Phi) is 5.76. The van der Waals surface area contributed by atoms with Gasteiger partial charge in [-0.1, -0.05) is 60.1 Å². The van der Waals surface area contributed by atoms with E-state index in [2.05, 4.69) is 10.8 Å². The normalized spacial score (nSPS) is 15.5. The van der Waals surface area contributed by atoms with Gasteiger partial charge in [-0.2, -0.15) is 0 Å². The van der Waals surface area contributed by atoms with Crippen LogP contribution in [0.2, 0.25) is 4.34 Å². The number of hydroxylamine groups is 1. The highest BCUT2D eigenvalue weighted by Gasteiger charge is 2.19. The van der Waals surface area contributed by atoms with E-state index in [1.54, 1.807) is 18.2 Å². The molecule has 2 aromatic carbocycles. The smallest absolute Gasteiger partial charge is 0.261 e. The SMILES string of the molecule is O=Cc1ccccc1-c1ccc(C2=CC(CNC(=O)c3ccc(Cl)s3)ON2)cc1. The van der Waals surface area contributed by atoms with Gasteiger partial charge in [-0.05, 0) is 34.9 Å².